The van der Waals surface area contributed by atoms with Gasteiger partial charge in [0.2, 0.25) is 0 Å². The number of carbonyl (C=O) groups is 1. The Bertz CT molecular complexity index is 570. The van der Waals surface area contributed by atoms with E-state index in [0.717, 1.165) is 30.4 Å². The lowest BCUT2D eigenvalue weighted by Crippen LogP contribution is -2.39. The van der Waals surface area contributed by atoms with Crippen molar-refractivity contribution in [1.82, 2.24) is 16.0 Å². The molecular formula is C19H30N4O. The van der Waals surface area contributed by atoms with Gasteiger partial charge >= 0.3 is 0 Å². The quantitative estimate of drug-likeness (QED) is 0.506. The highest BCUT2D eigenvalue weighted by Gasteiger charge is 2.36. The van der Waals surface area contributed by atoms with Crippen LogP contribution in [0.25, 0.3) is 0 Å². The van der Waals surface area contributed by atoms with Crippen LogP contribution in [0.5, 0.6) is 0 Å². The predicted molar refractivity (Wildman–Crippen MR) is 99.5 cm³/mol. The maximum Gasteiger partial charge on any atom is 0.251 e. The summed E-state index contributed by atoms with van der Waals surface area (Å²) in [7, 11) is 1.65. The topological polar surface area (TPSA) is 65.5 Å². The molecule has 0 aliphatic heterocycles. The number of aliphatic imine (C=N–C) groups is 1. The van der Waals surface area contributed by atoms with Crippen LogP contribution in [0, 0.1) is 5.92 Å². The Kier molecular flexibility index (Phi) is 7.09. The normalized spacial score (nSPS) is 19.7. The summed E-state index contributed by atoms with van der Waals surface area (Å²) in [4.78, 5) is 16.4. The number of hydrogen-bond donors (Lipinski definition) is 3. The summed E-state index contributed by atoms with van der Waals surface area (Å²) in [6.45, 7) is 5.89. The fraction of sp³-hybridized carbons (Fsp3) is 0.579. The van der Waals surface area contributed by atoms with Crippen molar-refractivity contribution >= 4 is 11.9 Å². The van der Waals surface area contributed by atoms with Crippen LogP contribution in [-0.2, 0) is 6.42 Å². The molecule has 2 unspecified atom stereocenters. The minimum absolute atomic E-state index is 0.0499. The van der Waals surface area contributed by atoms with Crippen LogP contribution >= 0.6 is 0 Å². The van der Waals surface area contributed by atoms with Gasteiger partial charge in [0.1, 0.15) is 0 Å². The van der Waals surface area contributed by atoms with Crippen molar-refractivity contribution in [2.45, 2.75) is 45.6 Å². The molecule has 5 nitrogen and oxygen atoms in total. The second kappa shape index (κ2) is 9.30. The molecule has 3 N–H and O–H groups in total. The van der Waals surface area contributed by atoms with E-state index in [2.05, 4.69) is 34.8 Å². The first-order valence-corrected chi connectivity index (χ1v) is 9.03. The summed E-state index contributed by atoms with van der Waals surface area (Å²) in [6, 6.07) is 8.32. The van der Waals surface area contributed by atoms with Gasteiger partial charge in [-0.15, -0.1) is 0 Å². The summed E-state index contributed by atoms with van der Waals surface area (Å²) >= 11 is 0. The van der Waals surface area contributed by atoms with E-state index in [1.54, 1.807) is 7.05 Å². The van der Waals surface area contributed by atoms with Crippen LogP contribution in [0.4, 0.5) is 0 Å². The summed E-state index contributed by atoms with van der Waals surface area (Å²) in [5, 5.41) is 9.50. The van der Waals surface area contributed by atoms with Gasteiger partial charge in [0.25, 0.3) is 5.91 Å². The van der Waals surface area contributed by atoms with E-state index in [-0.39, 0.29) is 5.91 Å². The highest BCUT2D eigenvalue weighted by Crippen LogP contribution is 2.34. The van der Waals surface area contributed by atoms with Gasteiger partial charge in [-0.1, -0.05) is 25.5 Å². The number of carbonyl (C=O) groups excluding carboxylic acids is 1. The third-order valence-electron chi connectivity index (χ3n) is 4.34. The van der Waals surface area contributed by atoms with E-state index < -0.39 is 0 Å². The molecule has 1 aromatic carbocycles. The average Bonchev–Trinajstić information content (AvgIpc) is 3.32. The molecular weight excluding hydrogens is 300 g/mol. The molecule has 24 heavy (non-hydrogen) atoms. The zero-order valence-electron chi connectivity index (χ0n) is 15.1. The largest absolute Gasteiger partial charge is 0.357 e. The van der Waals surface area contributed by atoms with E-state index in [1.165, 1.54) is 19.3 Å². The first-order chi connectivity index (χ1) is 11.7. The number of hydrogen-bond acceptors (Lipinski definition) is 2. The van der Waals surface area contributed by atoms with Crippen LogP contribution in [0.15, 0.2) is 29.3 Å². The SMILES string of the molecule is CCCC1CC1NC(=NCCc1cccc(C(=O)NC)c1)NCC. The van der Waals surface area contributed by atoms with Crippen LogP contribution in [0.1, 0.15) is 49.0 Å². The van der Waals surface area contributed by atoms with Crippen LogP contribution < -0.4 is 16.0 Å². The van der Waals surface area contributed by atoms with Crippen LogP contribution in [0.3, 0.4) is 0 Å². The van der Waals surface area contributed by atoms with Gasteiger partial charge < -0.3 is 16.0 Å². The number of amides is 1. The summed E-state index contributed by atoms with van der Waals surface area (Å²) < 4.78 is 0. The third kappa shape index (κ3) is 5.55. The van der Waals surface area contributed by atoms with Crippen LogP contribution in [0.2, 0.25) is 0 Å². The smallest absolute Gasteiger partial charge is 0.251 e. The molecule has 0 heterocycles. The fourth-order valence-corrected chi connectivity index (χ4v) is 2.92. The molecule has 2 rings (SSSR count). The molecule has 1 amide bonds. The Balaban J connectivity index is 1.86. The Morgan fingerprint density at radius 1 is 1.33 bits per heavy atom. The number of rotatable bonds is 8. The van der Waals surface area contributed by atoms with Crippen molar-refractivity contribution < 1.29 is 4.79 Å². The molecule has 1 fully saturated rings. The first-order valence-electron chi connectivity index (χ1n) is 9.03. The van der Waals surface area contributed by atoms with Crippen molar-refractivity contribution in [2.75, 3.05) is 20.1 Å². The summed E-state index contributed by atoms with van der Waals surface area (Å²) in [6.07, 6.45) is 4.62. The zero-order valence-corrected chi connectivity index (χ0v) is 15.1. The predicted octanol–water partition coefficient (Wildman–Crippen LogP) is 2.33. The van der Waals surface area contributed by atoms with Crippen molar-refractivity contribution in [3.05, 3.63) is 35.4 Å². The minimum Gasteiger partial charge on any atom is -0.357 e. The molecule has 0 radical (unpaired) electrons. The highest BCUT2D eigenvalue weighted by molar-refractivity contribution is 5.94. The van der Waals surface area contributed by atoms with Gasteiger partial charge in [-0.2, -0.15) is 0 Å². The molecule has 0 spiro atoms. The van der Waals surface area contributed by atoms with Gasteiger partial charge in [-0.25, -0.2) is 0 Å². The van der Waals surface area contributed by atoms with E-state index in [1.807, 2.05) is 24.3 Å². The zero-order chi connectivity index (χ0) is 17.4. The van der Waals surface area contributed by atoms with Crippen molar-refractivity contribution in [3.8, 4) is 0 Å². The molecule has 1 saturated carbocycles. The van der Waals surface area contributed by atoms with Crippen LogP contribution in [-0.4, -0.2) is 38.0 Å². The van der Waals surface area contributed by atoms with Gasteiger partial charge in [0.05, 0.1) is 0 Å². The standard InChI is InChI=1S/C19H30N4O/c1-4-7-15-13-17(15)23-19(21-5-2)22-11-10-14-8-6-9-16(12-14)18(24)20-3/h6,8-9,12,15,17H,4-5,7,10-11,13H2,1-3H3,(H,20,24)(H2,21,22,23). The molecule has 0 bridgehead atoms. The minimum atomic E-state index is -0.0499. The second-order valence-electron chi connectivity index (χ2n) is 6.33. The maximum absolute atomic E-state index is 11.7. The Labute approximate surface area is 145 Å². The Morgan fingerprint density at radius 3 is 2.88 bits per heavy atom. The molecule has 1 aromatic rings. The Morgan fingerprint density at radius 2 is 2.17 bits per heavy atom. The molecule has 0 saturated heterocycles. The Hall–Kier alpha value is -2.04. The van der Waals surface area contributed by atoms with Gasteiger partial charge in [-0.3, -0.25) is 9.79 Å². The van der Waals surface area contributed by atoms with E-state index in [9.17, 15) is 4.79 Å². The summed E-state index contributed by atoms with van der Waals surface area (Å²) in [5.41, 5.74) is 1.83. The van der Waals surface area contributed by atoms with Crippen molar-refractivity contribution in [1.29, 1.82) is 0 Å². The lowest BCUT2D eigenvalue weighted by molar-refractivity contribution is 0.0963. The van der Waals surface area contributed by atoms with Gasteiger partial charge in [0, 0.05) is 31.7 Å². The van der Waals surface area contributed by atoms with Crippen molar-refractivity contribution in [2.24, 2.45) is 10.9 Å². The lowest BCUT2D eigenvalue weighted by atomic mass is 10.1. The number of guanidine groups is 1. The molecule has 2 atom stereocenters. The number of nitrogens with zero attached hydrogens (tertiary/aromatic N) is 1. The fourth-order valence-electron chi connectivity index (χ4n) is 2.92. The van der Waals surface area contributed by atoms with E-state index in [0.29, 0.717) is 18.2 Å². The summed E-state index contributed by atoms with van der Waals surface area (Å²) in [5.74, 6) is 1.66. The highest BCUT2D eigenvalue weighted by atomic mass is 16.1. The maximum atomic E-state index is 11.7. The number of nitrogens with one attached hydrogen (secondary N) is 3. The van der Waals surface area contributed by atoms with E-state index in [4.69, 9.17) is 0 Å². The molecule has 132 valence electrons. The molecule has 5 heteroatoms. The molecule has 1 aliphatic rings. The number of benzene rings is 1. The third-order valence-corrected chi connectivity index (χ3v) is 4.34. The van der Waals surface area contributed by atoms with Crippen molar-refractivity contribution in [3.63, 3.8) is 0 Å². The van der Waals surface area contributed by atoms with E-state index >= 15 is 0 Å². The van der Waals surface area contributed by atoms with Gasteiger partial charge in [0.15, 0.2) is 5.96 Å². The monoisotopic (exact) mass is 330 g/mol. The second-order valence-corrected chi connectivity index (χ2v) is 6.33. The molecule has 0 aromatic heterocycles. The first kappa shape index (κ1) is 18.3. The average molecular weight is 330 g/mol. The lowest BCUT2D eigenvalue weighted by Gasteiger charge is -2.11. The molecule has 1 aliphatic carbocycles. The van der Waals surface area contributed by atoms with Gasteiger partial charge in [-0.05, 0) is 49.8 Å².